The van der Waals surface area contributed by atoms with Crippen LogP contribution in [0.2, 0.25) is 0 Å². The third-order valence-corrected chi connectivity index (χ3v) is 5.18. The van der Waals surface area contributed by atoms with Gasteiger partial charge in [0.15, 0.2) is 5.82 Å². The van der Waals surface area contributed by atoms with Crippen molar-refractivity contribution in [1.29, 1.82) is 0 Å². The van der Waals surface area contributed by atoms with Gasteiger partial charge in [-0.15, -0.1) is 11.3 Å². The van der Waals surface area contributed by atoms with Crippen molar-refractivity contribution in [2.24, 2.45) is 0 Å². The Kier molecular flexibility index (Phi) is 3.98. The van der Waals surface area contributed by atoms with Crippen molar-refractivity contribution >= 4 is 17.2 Å². The lowest BCUT2D eigenvalue weighted by Crippen LogP contribution is -2.08. The van der Waals surface area contributed by atoms with Gasteiger partial charge < -0.3 is 5.32 Å². The van der Waals surface area contributed by atoms with Gasteiger partial charge in [0.05, 0.1) is 17.2 Å². The molecule has 1 aliphatic rings. The highest BCUT2D eigenvalue weighted by atomic mass is 32.1. The number of nitrogens with one attached hydrogen (secondary N) is 1. The number of fused-ring (bicyclic) bond motifs is 1. The number of aromatic nitrogens is 4. The molecule has 4 rings (SSSR count). The summed E-state index contributed by atoms with van der Waals surface area (Å²) in [5.74, 6) is 1.63. The monoisotopic (exact) mass is 337 g/mol. The van der Waals surface area contributed by atoms with Crippen LogP contribution in [0.25, 0.3) is 11.5 Å². The van der Waals surface area contributed by atoms with E-state index in [0.29, 0.717) is 12.4 Å². The van der Waals surface area contributed by atoms with Gasteiger partial charge in [-0.3, -0.25) is 4.98 Å². The lowest BCUT2D eigenvalue weighted by Gasteiger charge is -2.11. The summed E-state index contributed by atoms with van der Waals surface area (Å²) in [6.07, 6.45) is 4.97. The van der Waals surface area contributed by atoms with Crippen molar-refractivity contribution in [2.75, 3.05) is 5.32 Å². The normalized spacial score (nSPS) is 13.1. The minimum Gasteiger partial charge on any atom is -0.364 e. The molecule has 1 aliphatic carbocycles. The Morgan fingerprint density at radius 3 is 2.79 bits per heavy atom. The molecule has 0 aromatic carbocycles. The maximum absolute atomic E-state index is 4.76. The second kappa shape index (κ2) is 6.28. The molecule has 0 bridgehead atoms. The molecule has 5 nitrogen and oxygen atoms in total. The van der Waals surface area contributed by atoms with Crippen molar-refractivity contribution in [2.45, 2.75) is 39.7 Å². The molecule has 3 aromatic rings. The SMILES string of the molecule is Cc1nc(CNc2nc(-c3ccccn3)nc3c2CCC3)c(C)s1. The zero-order valence-electron chi connectivity index (χ0n) is 13.8. The largest absolute Gasteiger partial charge is 0.364 e. The van der Waals surface area contributed by atoms with Gasteiger partial charge in [-0.25, -0.2) is 15.0 Å². The van der Waals surface area contributed by atoms with E-state index in [0.717, 1.165) is 47.2 Å². The van der Waals surface area contributed by atoms with Gasteiger partial charge in [-0.1, -0.05) is 6.07 Å². The standard InChI is InChI=1S/C18H19N5S/c1-11-16(21-12(2)24-11)10-20-17-13-6-5-8-14(13)22-18(23-17)15-7-3-4-9-19-15/h3-4,7,9H,5-6,8,10H2,1-2H3,(H,20,22,23). The molecule has 0 aliphatic heterocycles. The third-order valence-electron chi connectivity index (χ3n) is 4.25. The van der Waals surface area contributed by atoms with Gasteiger partial charge >= 0.3 is 0 Å². The predicted octanol–water partition coefficient (Wildman–Crippen LogP) is 3.71. The van der Waals surface area contributed by atoms with Crippen molar-refractivity contribution in [3.8, 4) is 11.5 Å². The molecule has 0 amide bonds. The van der Waals surface area contributed by atoms with E-state index in [9.17, 15) is 0 Å². The molecule has 3 aromatic heterocycles. The summed E-state index contributed by atoms with van der Waals surface area (Å²) in [5.41, 5.74) is 4.32. The molecule has 0 spiro atoms. The number of hydrogen-bond donors (Lipinski definition) is 1. The molecular formula is C18H19N5S. The van der Waals surface area contributed by atoms with Crippen LogP contribution in [-0.4, -0.2) is 19.9 Å². The third kappa shape index (κ3) is 2.89. The number of pyridine rings is 1. The fourth-order valence-electron chi connectivity index (χ4n) is 3.09. The summed E-state index contributed by atoms with van der Waals surface area (Å²) in [4.78, 5) is 19.7. The fraction of sp³-hybridized carbons (Fsp3) is 0.333. The van der Waals surface area contributed by atoms with Crippen molar-refractivity contribution in [1.82, 2.24) is 19.9 Å². The molecule has 0 radical (unpaired) electrons. The van der Waals surface area contributed by atoms with Crippen LogP contribution in [0.1, 0.15) is 33.3 Å². The van der Waals surface area contributed by atoms with E-state index in [-0.39, 0.29) is 0 Å². The quantitative estimate of drug-likeness (QED) is 0.786. The summed E-state index contributed by atoms with van der Waals surface area (Å²) in [5, 5.41) is 4.59. The Balaban J connectivity index is 1.67. The number of anilines is 1. The van der Waals surface area contributed by atoms with Crippen LogP contribution >= 0.6 is 11.3 Å². The Morgan fingerprint density at radius 1 is 1.12 bits per heavy atom. The van der Waals surface area contributed by atoms with Crippen molar-refractivity contribution < 1.29 is 0 Å². The molecular weight excluding hydrogens is 318 g/mol. The van der Waals surface area contributed by atoms with Gasteiger partial charge in [0, 0.05) is 22.3 Å². The Hall–Kier alpha value is -2.34. The maximum atomic E-state index is 4.76. The molecule has 3 heterocycles. The first-order valence-corrected chi connectivity index (χ1v) is 9.00. The van der Waals surface area contributed by atoms with Crippen LogP contribution < -0.4 is 5.32 Å². The zero-order valence-corrected chi connectivity index (χ0v) is 14.7. The Labute approximate surface area is 145 Å². The van der Waals surface area contributed by atoms with Gasteiger partial charge in [0.2, 0.25) is 0 Å². The molecule has 24 heavy (non-hydrogen) atoms. The first-order valence-electron chi connectivity index (χ1n) is 8.18. The number of rotatable bonds is 4. The highest BCUT2D eigenvalue weighted by Gasteiger charge is 2.20. The number of aryl methyl sites for hydroxylation is 3. The molecule has 0 saturated carbocycles. The first-order chi connectivity index (χ1) is 11.7. The van der Waals surface area contributed by atoms with E-state index in [1.54, 1.807) is 17.5 Å². The van der Waals surface area contributed by atoms with Crippen molar-refractivity contribution in [3.05, 3.63) is 51.2 Å². The maximum Gasteiger partial charge on any atom is 0.180 e. The van der Waals surface area contributed by atoms with E-state index in [1.165, 1.54) is 10.4 Å². The van der Waals surface area contributed by atoms with E-state index < -0.39 is 0 Å². The van der Waals surface area contributed by atoms with Crippen molar-refractivity contribution in [3.63, 3.8) is 0 Å². The lowest BCUT2D eigenvalue weighted by atomic mass is 10.2. The van der Waals surface area contributed by atoms with Crippen LogP contribution in [0.4, 0.5) is 5.82 Å². The molecule has 0 fully saturated rings. The van der Waals surface area contributed by atoms with E-state index in [2.05, 4.69) is 22.2 Å². The molecule has 0 atom stereocenters. The second-order valence-corrected chi connectivity index (χ2v) is 7.39. The first kappa shape index (κ1) is 15.2. The minimum absolute atomic E-state index is 0.696. The number of nitrogens with zero attached hydrogens (tertiary/aromatic N) is 4. The summed E-state index contributed by atoms with van der Waals surface area (Å²) >= 11 is 1.74. The van der Waals surface area contributed by atoms with E-state index in [1.807, 2.05) is 25.1 Å². The summed E-state index contributed by atoms with van der Waals surface area (Å²) < 4.78 is 0. The molecule has 6 heteroatoms. The second-order valence-electron chi connectivity index (χ2n) is 5.98. The van der Waals surface area contributed by atoms with Crippen LogP contribution in [0, 0.1) is 13.8 Å². The highest BCUT2D eigenvalue weighted by molar-refractivity contribution is 7.11. The average Bonchev–Trinajstić information content (AvgIpc) is 3.19. The summed E-state index contributed by atoms with van der Waals surface area (Å²) in [7, 11) is 0. The lowest BCUT2D eigenvalue weighted by molar-refractivity contribution is 0.899. The Morgan fingerprint density at radius 2 is 2.04 bits per heavy atom. The van der Waals surface area contributed by atoms with Gasteiger partial charge in [0.1, 0.15) is 11.5 Å². The van der Waals surface area contributed by atoms with E-state index >= 15 is 0 Å². The molecule has 0 saturated heterocycles. The molecule has 0 unspecified atom stereocenters. The smallest absolute Gasteiger partial charge is 0.180 e. The molecule has 122 valence electrons. The molecule has 1 N–H and O–H groups in total. The minimum atomic E-state index is 0.696. The van der Waals surface area contributed by atoms with Crippen LogP contribution in [0.5, 0.6) is 0 Å². The topological polar surface area (TPSA) is 63.6 Å². The fourth-order valence-corrected chi connectivity index (χ4v) is 3.93. The summed E-state index contributed by atoms with van der Waals surface area (Å²) in [6.45, 7) is 4.86. The number of hydrogen-bond acceptors (Lipinski definition) is 6. The highest BCUT2D eigenvalue weighted by Crippen LogP contribution is 2.29. The predicted molar refractivity (Wildman–Crippen MR) is 96.2 cm³/mol. The average molecular weight is 337 g/mol. The number of thiazole rings is 1. The van der Waals surface area contributed by atoms with Crippen LogP contribution in [0.3, 0.4) is 0 Å². The van der Waals surface area contributed by atoms with Crippen LogP contribution in [0.15, 0.2) is 24.4 Å². The van der Waals surface area contributed by atoms with Gasteiger partial charge in [-0.2, -0.15) is 0 Å². The Bertz CT molecular complexity index is 873. The zero-order chi connectivity index (χ0) is 16.5. The van der Waals surface area contributed by atoms with Gasteiger partial charge in [0.25, 0.3) is 0 Å². The van der Waals surface area contributed by atoms with E-state index in [4.69, 9.17) is 9.97 Å². The van der Waals surface area contributed by atoms with Gasteiger partial charge in [-0.05, 0) is 45.2 Å². The summed E-state index contributed by atoms with van der Waals surface area (Å²) in [6, 6.07) is 5.82. The van der Waals surface area contributed by atoms with Crippen LogP contribution in [-0.2, 0) is 19.4 Å².